The molecule has 10 heteroatoms. The molecule has 248 valence electrons. The second-order valence-corrected chi connectivity index (χ2v) is 12.8. The van der Waals surface area contributed by atoms with Gasteiger partial charge in [0.05, 0.1) is 42.8 Å². The Morgan fingerprint density at radius 2 is 1.64 bits per heavy atom. The zero-order valence-electron chi connectivity index (χ0n) is 27.7. The van der Waals surface area contributed by atoms with E-state index in [4.69, 9.17) is 4.74 Å². The molecular weight excluding hydrogens is 599 g/mol. The normalized spacial score (nSPS) is 13.1. The van der Waals surface area contributed by atoms with Crippen LogP contribution in [0.2, 0.25) is 0 Å². The highest BCUT2D eigenvalue weighted by atomic mass is 19.1. The predicted octanol–water partition coefficient (Wildman–Crippen LogP) is 6.43. The number of hydrogen-bond donors (Lipinski definition) is 3. The Bertz CT molecular complexity index is 1690. The third-order valence-electron chi connectivity index (χ3n) is 7.25. The molecule has 0 saturated heterocycles. The van der Waals surface area contributed by atoms with Crippen LogP contribution in [0.1, 0.15) is 81.1 Å². The Kier molecular flexibility index (Phi) is 11.4. The maximum atomic E-state index is 14.2. The van der Waals surface area contributed by atoms with Gasteiger partial charge in [-0.3, -0.25) is 19.6 Å². The SMILES string of the molecule is Cc1cnc(CNC(=O)c2c(-c3ccccc3)c(-c3ccc(F)cc3)c(C=CC(O)CC(O)CC(=O)OC(C)(C)C)n2C(C)C)cn1. The first-order valence-corrected chi connectivity index (χ1v) is 15.6. The number of aliphatic hydroxyl groups excluding tert-OH is 2. The van der Waals surface area contributed by atoms with Crippen LogP contribution in [0.15, 0.2) is 73.1 Å². The zero-order chi connectivity index (χ0) is 34.3. The summed E-state index contributed by atoms with van der Waals surface area (Å²) in [6, 6.07) is 15.3. The monoisotopic (exact) mass is 642 g/mol. The third-order valence-corrected chi connectivity index (χ3v) is 7.25. The Morgan fingerprint density at radius 3 is 2.23 bits per heavy atom. The molecule has 0 bridgehead atoms. The van der Waals surface area contributed by atoms with Crippen molar-refractivity contribution in [3.63, 3.8) is 0 Å². The minimum absolute atomic E-state index is 0.111. The molecule has 0 radical (unpaired) electrons. The van der Waals surface area contributed by atoms with Crippen molar-refractivity contribution in [2.24, 2.45) is 0 Å². The lowest BCUT2D eigenvalue weighted by molar-refractivity contribution is -0.157. The summed E-state index contributed by atoms with van der Waals surface area (Å²) in [5.74, 6) is -1.31. The molecule has 0 aliphatic rings. The van der Waals surface area contributed by atoms with Crippen molar-refractivity contribution < 1.29 is 28.9 Å². The number of ether oxygens (including phenoxy) is 1. The number of nitrogens with zero attached hydrogens (tertiary/aromatic N) is 3. The highest BCUT2D eigenvalue weighted by molar-refractivity contribution is 6.06. The summed E-state index contributed by atoms with van der Waals surface area (Å²) in [6.45, 7) is 11.1. The van der Waals surface area contributed by atoms with Crippen molar-refractivity contribution in [3.8, 4) is 22.3 Å². The maximum absolute atomic E-state index is 14.2. The van der Waals surface area contributed by atoms with Crippen molar-refractivity contribution in [2.75, 3.05) is 0 Å². The zero-order valence-corrected chi connectivity index (χ0v) is 27.7. The lowest BCUT2D eigenvalue weighted by Crippen LogP contribution is -2.28. The fourth-order valence-electron chi connectivity index (χ4n) is 5.31. The largest absolute Gasteiger partial charge is 0.460 e. The number of aliphatic hydroxyl groups is 2. The molecule has 2 aromatic heterocycles. The fourth-order valence-corrected chi connectivity index (χ4v) is 5.31. The van der Waals surface area contributed by atoms with Crippen molar-refractivity contribution in [1.29, 1.82) is 0 Å². The number of aromatic nitrogens is 3. The number of halogens is 1. The van der Waals surface area contributed by atoms with E-state index in [1.807, 2.05) is 55.7 Å². The number of esters is 1. The Morgan fingerprint density at radius 1 is 0.979 bits per heavy atom. The fraction of sp³-hybridized carbons (Fsp3) is 0.351. The first kappa shape index (κ1) is 35.2. The number of carbonyl (C=O) groups excluding carboxylic acids is 2. The van der Waals surface area contributed by atoms with Crippen molar-refractivity contribution in [3.05, 3.63) is 102 Å². The van der Waals surface area contributed by atoms with Crippen molar-refractivity contribution in [1.82, 2.24) is 19.9 Å². The molecule has 2 unspecified atom stereocenters. The first-order chi connectivity index (χ1) is 22.2. The molecule has 0 fully saturated rings. The summed E-state index contributed by atoms with van der Waals surface area (Å²) in [5.41, 5.74) is 4.40. The van der Waals surface area contributed by atoms with Gasteiger partial charge in [-0.15, -0.1) is 0 Å². The van der Waals surface area contributed by atoms with Gasteiger partial charge in [-0.1, -0.05) is 48.5 Å². The average molecular weight is 643 g/mol. The summed E-state index contributed by atoms with van der Waals surface area (Å²) >= 11 is 0. The minimum atomic E-state index is -1.14. The van der Waals surface area contributed by atoms with Crippen molar-refractivity contribution >= 4 is 18.0 Å². The maximum Gasteiger partial charge on any atom is 0.308 e. The smallest absolute Gasteiger partial charge is 0.308 e. The quantitative estimate of drug-likeness (QED) is 0.152. The molecule has 4 aromatic rings. The molecule has 0 saturated carbocycles. The Labute approximate surface area is 275 Å². The van der Waals surface area contributed by atoms with Gasteiger partial charge in [0.1, 0.15) is 17.1 Å². The molecule has 0 aliphatic heterocycles. The van der Waals surface area contributed by atoms with E-state index in [2.05, 4.69) is 15.3 Å². The van der Waals surface area contributed by atoms with Crippen LogP contribution in [-0.2, 0) is 16.1 Å². The molecule has 1 amide bonds. The van der Waals surface area contributed by atoms with Crippen LogP contribution in [0.25, 0.3) is 28.3 Å². The van der Waals surface area contributed by atoms with E-state index in [-0.39, 0.29) is 31.3 Å². The van der Waals surface area contributed by atoms with Gasteiger partial charge in [-0.25, -0.2) is 4.39 Å². The summed E-state index contributed by atoms with van der Waals surface area (Å²) in [6.07, 6.45) is 3.85. The van der Waals surface area contributed by atoms with Gasteiger partial charge in [0, 0.05) is 35.5 Å². The number of aryl methyl sites for hydroxylation is 1. The second kappa shape index (κ2) is 15.3. The standard InChI is InChI=1S/C37H43FN4O5/c1-23(2)42-31(17-16-29(43)18-30(44)19-32(45)47-37(4,5)6)33(26-12-14-27(38)15-13-26)34(25-10-8-7-9-11-25)35(42)36(46)41-22-28-21-39-24(3)20-40-28/h7-17,20-21,23,29-30,43-44H,18-19,22H2,1-6H3,(H,41,46). The highest BCUT2D eigenvalue weighted by Crippen LogP contribution is 2.42. The van der Waals surface area contributed by atoms with Crippen LogP contribution in [0.3, 0.4) is 0 Å². The minimum Gasteiger partial charge on any atom is -0.460 e. The van der Waals surface area contributed by atoms with Crippen LogP contribution in [-0.4, -0.2) is 54.4 Å². The van der Waals surface area contributed by atoms with E-state index in [1.165, 1.54) is 18.2 Å². The van der Waals surface area contributed by atoms with E-state index >= 15 is 0 Å². The predicted molar refractivity (Wildman–Crippen MR) is 180 cm³/mol. The molecule has 4 rings (SSSR count). The van der Waals surface area contributed by atoms with E-state index < -0.39 is 29.6 Å². The van der Waals surface area contributed by atoms with Crippen molar-refractivity contribution in [2.45, 2.75) is 84.8 Å². The molecule has 9 nitrogen and oxygen atoms in total. The summed E-state index contributed by atoms with van der Waals surface area (Å²) in [4.78, 5) is 35.0. The van der Waals surface area contributed by atoms with E-state index in [1.54, 1.807) is 51.4 Å². The summed E-state index contributed by atoms with van der Waals surface area (Å²) in [7, 11) is 0. The van der Waals surface area contributed by atoms with E-state index in [9.17, 15) is 24.2 Å². The number of amides is 1. The number of benzene rings is 2. The van der Waals surface area contributed by atoms with E-state index in [0.717, 1.165) is 11.3 Å². The van der Waals surface area contributed by atoms with Crippen LogP contribution >= 0.6 is 0 Å². The highest BCUT2D eigenvalue weighted by Gasteiger charge is 2.29. The van der Waals surface area contributed by atoms with Crippen LogP contribution < -0.4 is 5.32 Å². The first-order valence-electron chi connectivity index (χ1n) is 15.6. The lowest BCUT2D eigenvalue weighted by Gasteiger charge is -2.21. The Balaban J connectivity index is 1.81. The molecule has 0 spiro atoms. The topological polar surface area (TPSA) is 127 Å². The summed E-state index contributed by atoms with van der Waals surface area (Å²) in [5, 5.41) is 24.5. The van der Waals surface area contributed by atoms with Crippen LogP contribution in [0.5, 0.6) is 0 Å². The van der Waals surface area contributed by atoms with Gasteiger partial charge in [-0.2, -0.15) is 0 Å². The number of hydrogen-bond acceptors (Lipinski definition) is 7. The molecule has 2 atom stereocenters. The Hall–Kier alpha value is -4.67. The van der Waals surface area contributed by atoms with Crippen LogP contribution in [0, 0.1) is 12.7 Å². The molecule has 3 N–H and O–H groups in total. The summed E-state index contributed by atoms with van der Waals surface area (Å²) < 4.78 is 21.3. The number of rotatable bonds is 12. The number of nitrogens with one attached hydrogen (secondary N) is 1. The van der Waals surface area contributed by atoms with Gasteiger partial charge in [0.15, 0.2) is 0 Å². The molecule has 2 heterocycles. The van der Waals surface area contributed by atoms with Gasteiger partial charge in [-0.05, 0) is 70.9 Å². The van der Waals surface area contributed by atoms with Crippen LogP contribution in [0.4, 0.5) is 4.39 Å². The third kappa shape index (κ3) is 9.43. The molecule has 0 aliphatic carbocycles. The molecular formula is C37H43FN4O5. The van der Waals surface area contributed by atoms with E-state index in [0.29, 0.717) is 33.8 Å². The average Bonchev–Trinajstić information content (AvgIpc) is 3.35. The van der Waals surface area contributed by atoms with Gasteiger partial charge < -0.3 is 24.8 Å². The molecule has 47 heavy (non-hydrogen) atoms. The number of carbonyl (C=O) groups is 2. The van der Waals surface area contributed by atoms with Gasteiger partial charge in [0.25, 0.3) is 5.91 Å². The lowest BCUT2D eigenvalue weighted by atomic mass is 9.94. The van der Waals surface area contributed by atoms with Gasteiger partial charge in [0.2, 0.25) is 0 Å². The van der Waals surface area contributed by atoms with Gasteiger partial charge >= 0.3 is 5.97 Å². The molecule has 2 aromatic carbocycles. The second-order valence-electron chi connectivity index (χ2n) is 12.8.